The summed E-state index contributed by atoms with van der Waals surface area (Å²) in [6.07, 6.45) is -8.12. The summed E-state index contributed by atoms with van der Waals surface area (Å²) in [5, 5.41) is 0. The molecule has 0 amide bonds. The van der Waals surface area contributed by atoms with Crippen molar-refractivity contribution in [1.29, 1.82) is 0 Å². The number of anilines is 1. The van der Waals surface area contributed by atoms with Crippen molar-refractivity contribution < 1.29 is 26.3 Å². The van der Waals surface area contributed by atoms with E-state index in [0.717, 1.165) is 18.3 Å². The minimum Gasteiger partial charge on any atom is -0.397 e. The van der Waals surface area contributed by atoms with Crippen LogP contribution < -0.4 is 5.73 Å². The van der Waals surface area contributed by atoms with Crippen LogP contribution in [-0.4, -0.2) is 4.98 Å². The number of hydrogen-bond acceptors (Lipinski definition) is 2. The molecular weight excluding hydrogens is 370 g/mol. The maximum atomic E-state index is 13.2. The summed E-state index contributed by atoms with van der Waals surface area (Å²) >= 11 is 0. The van der Waals surface area contributed by atoms with Gasteiger partial charge in [-0.05, 0) is 23.8 Å². The smallest absolute Gasteiger partial charge is 0.397 e. The zero-order valence-corrected chi connectivity index (χ0v) is 13.6. The van der Waals surface area contributed by atoms with E-state index in [2.05, 4.69) is 4.98 Å². The average molecular weight is 382 g/mol. The van der Waals surface area contributed by atoms with Crippen molar-refractivity contribution in [3.05, 3.63) is 71.9 Å². The van der Waals surface area contributed by atoms with Crippen LogP contribution in [0.5, 0.6) is 0 Å². The summed E-state index contributed by atoms with van der Waals surface area (Å²) in [6, 6.07) is 10.8. The molecule has 3 rings (SSSR count). The Balaban J connectivity index is 2.13. The fourth-order valence-electron chi connectivity index (χ4n) is 2.77. The number of nitrogen functional groups attached to an aromatic ring is 1. The lowest BCUT2D eigenvalue weighted by Gasteiger charge is -2.16. The highest BCUT2D eigenvalue weighted by Crippen LogP contribution is 2.40. The van der Waals surface area contributed by atoms with Gasteiger partial charge in [0.1, 0.15) is 0 Å². The zero-order chi connectivity index (χ0) is 19.8. The van der Waals surface area contributed by atoms with Gasteiger partial charge in [0.15, 0.2) is 0 Å². The number of hydrogen-bond donors (Lipinski definition) is 1. The molecule has 1 aromatic heterocycles. The Labute approximate surface area is 150 Å². The summed E-state index contributed by atoms with van der Waals surface area (Å²) in [5.74, 6) is 0. The summed E-state index contributed by atoms with van der Waals surface area (Å²) in [5.41, 5.74) is 3.43. The maximum absolute atomic E-state index is 13.2. The molecule has 0 aliphatic carbocycles. The van der Waals surface area contributed by atoms with Crippen LogP contribution in [0.4, 0.5) is 32.0 Å². The molecule has 0 saturated carbocycles. The van der Waals surface area contributed by atoms with Crippen LogP contribution in [0.2, 0.25) is 0 Å². The Kier molecular flexibility index (Phi) is 4.59. The second-order valence-electron chi connectivity index (χ2n) is 5.75. The Morgan fingerprint density at radius 1 is 0.704 bits per heavy atom. The van der Waals surface area contributed by atoms with E-state index in [1.54, 1.807) is 0 Å². The molecule has 0 aliphatic rings. The van der Waals surface area contributed by atoms with Crippen LogP contribution in [0.3, 0.4) is 0 Å². The van der Waals surface area contributed by atoms with Crippen LogP contribution in [-0.2, 0) is 12.4 Å². The zero-order valence-electron chi connectivity index (χ0n) is 13.6. The number of benzene rings is 2. The third-order valence-electron chi connectivity index (χ3n) is 3.95. The first-order chi connectivity index (χ1) is 12.6. The third-order valence-corrected chi connectivity index (χ3v) is 3.95. The van der Waals surface area contributed by atoms with E-state index in [-0.39, 0.29) is 28.1 Å². The lowest BCUT2D eigenvalue weighted by molar-refractivity contribution is -0.137. The predicted octanol–water partition coefficient (Wildman–Crippen LogP) is 6.04. The van der Waals surface area contributed by atoms with Gasteiger partial charge in [-0.2, -0.15) is 26.3 Å². The van der Waals surface area contributed by atoms with Crippen LogP contribution in [0.1, 0.15) is 11.1 Å². The van der Waals surface area contributed by atoms with E-state index in [0.29, 0.717) is 0 Å². The molecule has 0 radical (unpaired) electrons. The van der Waals surface area contributed by atoms with Gasteiger partial charge in [-0.25, -0.2) is 0 Å². The molecule has 8 heteroatoms. The highest BCUT2D eigenvalue weighted by Gasteiger charge is 2.35. The van der Waals surface area contributed by atoms with Crippen molar-refractivity contribution in [1.82, 2.24) is 4.98 Å². The van der Waals surface area contributed by atoms with Crippen molar-refractivity contribution in [2.24, 2.45) is 0 Å². The molecule has 0 bridgehead atoms. The number of nitrogens with zero attached hydrogens (tertiary/aromatic N) is 1. The Hall–Kier alpha value is -3.03. The van der Waals surface area contributed by atoms with Gasteiger partial charge in [0.2, 0.25) is 0 Å². The van der Waals surface area contributed by atoms with E-state index >= 15 is 0 Å². The molecule has 0 atom stereocenters. The van der Waals surface area contributed by atoms with Crippen LogP contribution in [0.15, 0.2) is 60.8 Å². The SMILES string of the molecule is Nc1cc(-c2ccccc2C(F)(F)F)cnc1-c1ccccc1C(F)(F)F. The fourth-order valence-corrected chi connectivity index (χ4v) is 2.77. The lowest BCUT2D eigenvalue weighted by atomic mass is 9.98. The molecule has 2 N–H and O–H groups in total. The first kappa shape index (κ1) is 18.8. The molecule has 0 aliphatic heterocycles. The lowest BCUT2D eigenvalue weighted by Crippen LogP contribution is -2.09. The molecule has 0 fully saturated rings. The van der Waals surface area contributed by atoms with E-state index in [1.165, 1.54) is 42.5 Å². The molecule has 0 saturated heterocycles. The molecule has 2 aromatic carbocycles. The van der Waals surface area contributed by atoms with Gasteiger partial charge in [0.25, 0.3) is 0 Å². The molecule has 2 nitrogen and oxygen atoms in total. The summed E-state index contributed by atoms with van der Waals surface area (Å²) in [4.78, 5) is 3.93. The molecule has 0 spiro atoms. The van der Waals surface area contributed by atoms with Gasteiger partial charge in [-0.15, -0.1) is 0 Å². The van der Waals surface area contributed by atoms with Gasteiger partial charge >= 0.3 is 12.4 Å². The Morgan fingerprint density at radius 3 is 1.70 bits per heavy atom. The standard InChI is InChI=1S/C19H12F6N2/c20-18(21,22)14-7-3-1-5-12(14)11-9-16(26)17(27-10-11)13-6-2-4-8-15(13)19(23,24)25/h1-10H,26H2. The monoisotopic (exact) mass is 382 g/mol. The second kappa shape index (κ2) is 6.61. The first-order valence-electron chi connectivity index (χ1n) is 7.68. The average Bonchev–Trinajstić information content (AvgIpc) is 2.60. The number of rotatable bonds is 2. The minimum atomic E-state index is -4.62. The quantitative estimate of drug-likeness (QED) is 0.549. The molecular formula is C19H12F6N2. The van der Waals surface area contributed by atoms with Crippen molar-refractivity contribution >= 4 is 5.69 Å². The largest absolute Gasteiger partial charge is 0.417 e. The van der Waals surface area contributed by atoms with Crippen LogP contribution in [0.25, 0.3) is 22.4 Å². The van der Waals surface area contributed by atoms with Crippen LogP contribution in [0, 0.1) is 0 Å². The molecule has 0 unspecified atom stereocenters. The van der Waals surface area contributed by atoms with Gasteiger partial charge in [-0.3, -0.25) is 4.98 Å². The van der Waals surface area contributed by atoms with Gasteiger partial charge in [0.05, 0.1) is 22.5 Å². The number of pyridine rings is 1. The topological polar surface area (TPSA) is 38.9 Å². The highest BCUT2D eigenvalue weighted by atomic mass is 19.4. The highest BCUT2D eigenvalue weighted by molar-refractivity contribution is 5.80. The summed E-state index contributed by atoms with van der Waals surface area (Å²) < 4.78 is 79.2. The summed E-state index contributed by atoms with van der Waals surface area (Å²) in [7, 11) is 0. The van der Waals surface area contributed by atoms with Crippen LogP contribution >= 0.6 is 0 Å². The predicted molar refractivity (Wildman–Crippen MR) is 89.5 cm³/mol. The number of aromatic nitrogens is 1. The van der Waals surface area contributed by atoms with E-state index < -0.39 is 23.5 Å². The summed E-state index contributed by atoms with van der Waals surface area (Å²) in [6.45, 7) is 0. The molecule has 3 aromatic rings. The van der Waals surface area contributed by atoms with E-state index in [4.69, 9.17) is 5.73 Å². The van der Waals surface area contributed by atoms with Gasteiger partial charge in [0, 0.05) is 17.3 Å². The number of alkyl halides is 6. The van der Waals surface area contributed by atoms with Crippen molar-refractivity contribution in [3.8, 4) is 22.4 Å². The normalized spacial score (nSPS) is 12.2. The van der Waals surface area contributed by atoms with Crippen molar-refractivity contribution in [3.63, 3.8) is 0 Å². The van der Waals surface area contributed by atoms with Crippen molar-refractivity contribution in [2.45, 2.75) is 12.4 Å². The Morgan fingerprint density at radius 2 is 1.19 bits per heavy atom. The molecule has 1 heterocycles. The molecule has 27 heavy (non-hydrogen) atoms. The second-order valence-corrected chi connectivity index (χ2v) is 5.75. The van der Waals surface area contributed by atoms with Gasteiger partial charge < -0.3 is 5.73 Å². The van der Waals surface area contributed by atoms with Crippen molar-refractivity contribution in [2.75, 3.05) is 5.73 Å². The fraction of sp³-hybridized carbons (Fsp3) is 0.105. The minimum absolute atomic E-state index is 0.0636. The first-order valence-corrected chi connectivity index (χ1v) is 7.68. The van der Waals surface area contributed by atoms with Gasteiger partial charge in [-0.1, -0.05) is 36.4 Å². The Bertz CT molecular complexity index is 976. The van der Waals surface area contributed by atoms with E-state index in [1.807, 2.05) is 0 Å². The number of halogens is 6. The number of nitrogens with two attached hydrogens (primary N) is 1. The molecule has 140 valence electrons. The third kappa shape index (κ3) is 3.74. The maximum Gasteiger partial charge on any atom is 0.417 e. The van der Waals surface area contributed by atoms with E-state index in [9.17, 15) is 26.3 Å².